The molecule has 0 aromatic heterocycles. The maximum Gasteiger partial charge on any atom is 0.257 e. The number of hydrogen-bond donors (Lipinski definition) is 0. The highest BCUT2D eigenvalue weighted by atomic mass is 35.5. The maximum atomic E-state index is 13.6. The third kappa shape index (κ3) is 3.04. The van der Waals surface area contributed by atoms with Gasteiger partial charge in [-0.1, -0.05) is 11.6 Å². The molecule has 1 aliphatic heterocycles. The number of carbonyl (C=O) groups is 2. The van der Waals surface area contributed by atoms with E-state index in [2.05, 4.69) is 0 Å². The van der Waals surface area contributed by atoms with E-state index in [0.29, 0.717) is 24.5 Å². The van der Waals surface area contributed by atoms with Crippen molar-refractivity contribution in [2.75, 3.05) is 26.7 Å². The number of halogens is 2. The van der Waals surface area contributed by atoms with Crippen molar-refractivity contribution >= 4 is 23.4 Å². The standard InChI is InChI=1S/C13H14ClFN2O2/c1-16-5-2-6-17(8-12(16)18)13(19)10-7-9(14)3-4-11(10)15/h3-4,7H,2,5-6,8H2,1H3. The summed E-state index contributed by atoms with van der Waals surface area (Å²) in [5, 5.41) is 0.294. The van der Waals surface area contributed by atoms with Crippen LogP contribution in [0.4, 0.5) is 4.39 Å². The van der Waals surface area contributed by atoms with Crippen molar-refractivity contribution in [1.82, 2.24) is 9.80 Å². The summed E-state index contributed by atoms with van der Waals surface area (Å²) in [6.45, 7) is 1.00. The van der Waals surface area contributed by atoms with Crippen LogP contribution in [0.5, 0.6) is 0 Å². The fourth-order valence-corrected chi connectivity index (χ4v) is 2.16. The third-order valence-electron chi connectivity index (χ3n) is 3.12. The second kappa shape index (κ2) is 5.57. The van der Waals surface area contributed by atoms with Crippen molar-refractivity contribution in [1.29, 1.82) is 0 Å². The van der Waals surface area contributed by atoms with E-state index in [1.54, 1.807) is 11.9 Å². The van der Waals surface area contributed by atoms with Crippen LogP contribution >= 0.6 is 11.6 Å². The minimum absolute atomic E-state index is 0.0265. The SMILES string of the molecule is CN1CCCN(C(=O)c2cc(Cl)ccc2F)CC1=O. The van der Waals surface area contributed by atoms with Gasteiger partial charge in [0, 0.05) is 25.2 Å². The van der Waals surface area contributed by atoms with E-state index in [1.165, 1.54) is 17.0 Å². The third-order valence-corrected chi connectivity index (χ3v) is 3.35. The number of nitrogens with zero attached hydrogens (tertiary/aromatic N) is 2. The molecule has 0 aliphatic carbocycles. The molecule has 2 rings (SSSR count). The van der Waals surface area contributed by atoms with Gasteiger partial charge < -0.3 is 9.80 Å². The molecule has 0 radical (unpaired) electrons. The summed E-state index contributed by atoms with van der Waals surface area (Å²) in [4.78, 5) is 26.9. The Labute approximate surface area is 115 Å². The number of likely N-dealkylation sites (N-methyl/N-ethyl adjacent to an activating group) is 1. The fourth-order valence-electron chi connectivity index (χ4n) is 1.99. The van der Waals surface area contributed by atoms with Crippen molar-refractivity contribution in [2.24, 2.45) is 0 Å². The number of rotatable bonds is 1. The summed E-state index contributed by atoms with van der Waals surface area (Å²) >= 11 is 5.77. The first-order valence-corrected chi connectivity index (χ1v) is 6.35. The molecule has 1 heterocycles. The van der Waals surface area contributed by atoms with Crippen molar-refractivity contribution in [2.45, 2.75) is 6.42 Å². The Bertz CT molecular complexity index is 521. The van der Waals surface area contributed by atoms with E-state index in [0.717, 1.165) is 6.07 Å². The predicted molar refractivity (Wildman–Crippen MR) is 69.6 cm³/mol. The lowest BCUT2D eigenvalue weighted by atomic mass is 10.2. The summed E-state index contributed by atoms with van der Waals surface area (Å²) in [5.74, 6) is -1.27. The van der Waals surface area contributed by atoms with Gasteiger partial charge in [0.1, 0.15) is 12.4 Å². The normalized spacial score (nSPS) is 16.5. The minimum atomic E-state index is -0.626. The Morgan fingerprint density at radius 2 is 2.11 bits per heavy atom. The Hall–Kier alpha value is -1.62. The van der Waals surface area contributed by atoms with Gasteiger partial charge in [0.05, 0.1) is 5.56 Å². The molecule has 1 aromatic carbocycles. The molecule has 1 aromatic rings. The second-order valence-electron chi connectivity index (χ2n) is 4.52. The quantitative estimate of drug-likeness (QED) is 0.789. The summed E-state index contributed by atoms with van der Waals surface area (Å²) < 4.78 is 13.6. The summed E-state index contributed by atoms with van der Waals surface area (Å²) in [6, 6.07) is 3.83. The van der Waals surface area contributed by atoms with Gasteiger partial charge in [0.15, 0.2) is 0 Å². The van der Waals surface area contributed by atoms with Gasteiger partial charge in [-0.2, -0.15) is 0 Å². The lowest BCUT2D eigenvalue weighted by Gasteiger charge is -2.20. The lowest BCUT2D eigenvalue weighted by Crippen LogP contribution is -2.38. The number of carbonyl (C=O) groups excluding carboxylic acids is 2. The Balaban J connectivity index is 2.23. The highest BCUT2D eigenvalue weighted by molar-refractivity contribution is 6.31. The minimum Gasteiger partial charge on any atom is -0.344 e. The maximum absolute atomic E-state index is 13.6. The van der Waals surface area contributed by atoms with Gasteiger partial charge in [-0.05, 0) is 24.6 Å². The zero-order valence-electron chi connectivity index (χ0n) is 10.5. The van der Waals surface area contributed by atoms with Crippen LogP contribution in [-0.2, 0) is 4.79 Å². The van der Waals surface area contributed by atoms with Crippen molar-refractivity contribution in [3.63, 3.8) is 0 Å². The molecule has 2 amide bonds. The molecule has 0 unspecified atom stereocenters. The first kappa shape index (κ1) is 13.8. The van der Waals surface area contributed by atoms with Crippen molar-refractivity contribution in [3.05, 3.63) is 34.6 Å². The molecule has 1 fully saturated rings. The predicted octanol–water partition coefficient (Wildman–Crippen LogP) is 1.78. The van der Waals surface area contributed by atoms with Crippen LogP contribution in [0.25, 0.3) is 0 Å². The monoisotopic (exact) mass is 284 g/mol. The average molecular weight is 285 g/mol. The van der Waals surface area contributed by atoms with E-state index in [1.807, 2.05) is 0 Å². The molecular formula is C13H14ClFN2O2. The molecule has 6 heteroatoms. The number of benzene rings is 1. The molecule has 1 aliphatic rings. The van der Waals surface area contributed by atoms with E-state index in [4.69, 9.17) is 11.6 Å². The molecule has 1 saturated heterocycles. The van der Waals surface area contributed by atoms with Crippen LogP contribution in [0.2, 0.25) is 5.02 Å². The number of amides is 2. The molecule has 0 spiro atoms. The summed E-state index contributed by atoms with van der Waals surface area (Å²) in [6.07, 6.45) is 0.677. The van der Waals surface area contributed by atoms with Crippen LogP contribution in [0.3, 0.4) is 0 Å². The lowest BCUT2D eigenvalue weighted by molar-refractivity contribution is -0.129. The first-order chi connectivity index (χ1) is 8.99. The van der Waals surface area contributed by atoms with E-state index >= 15 is 0 Å². The van der Waals surface area contributed by atoms with E-state index < -0.39 is 11.7 Å². The Kier molecular flexibility index (Phi) is 4.04. The van der Waals surface area contributed by atoms with Gasteiger partial charge in [-0.25, -0.2) is 4.39 Å². The summed E-state index contributed by atoms with van der Waals surface area (Å²) in [7, 11) is 1.69. The van der Waals surface area contributed by atoms with Crippen LogP contribution < -0.4 is 0 Å². The topological polar surface area (TPSA) is 40.6 Å². The molecule has 0 N–H and O–H groups in total. The van der Waals surface area contributed by atoms with Gasteiger partial charge in [-0.3, -0.25) is 9.59 Å². The zero-order chi connectivity index (χ0) is 14.0. The molecular weight excluding hydrogens is 271 g/mol. The molecule has 4 nitrogen and oxygen atoms in total. The molecule has 0 atom stereocenters. The Morgan fingerprint density at radius 3 is 2.84 bits per heavy atom. The largest absolute Gasteiger partial charge is 0.344 e. The molecule has 19 heavy (non-hydrogen) atoms. The highest BCUT2D eigenvalue weighted by Gasteiger charge is 2.25. The first-order valence-electron chi connectivity index (χ1n) is 5.97. The van der Waals surface area contributed by atoms with Crippen LogP contribution in [0, 0.1) is 5.82 Å². The van der Waals surface area contributed by atoms with Crippen LogP contribution in [0.15, 0.2) is 18.2 Å². The molecule has 102 valence electrons. The van der Waals surface area contributed by atoms with Crippen molar-refractivity contribution < 1.29 is 14.0 Å². The fraction of sp³-hybridized carbons (Fsp3) is 0.385. The smallest absolute Gasteiger partial charge is 0.257 e. The van der Waals surface area contributed by atoms with Gasteiger partial charge in [0.25, 0.3) is 5.91 Å². The van der Waals surface area contributed by atoms with Gasteiger partial charge >= 0.3 is 0 Å². The highest BCUT2D eigenvalue weighted by Crippen LogP contribution is 2.17. The molecule has 0 bridgehead atoms. The molecule has 0 saturated carbocycles. The van der Waals surface area contributed by atoms with Crippen LogP contribution in [0.1, 0.15) is 16.8 Å². The van der Waals surface area contributed by atoms with Gasteiger partial charge in [-0.15, -0.1) is 0 Å². The zero-order valence-corrected chi connectivity index (χ0v) is 11.3. The van der Waals surface area contributed by atoms with Crippen LogP contribution in [-0.4, -0.2) is 48.3 Å². The van der Waals surface area contributed by atoms with E-state index in [9.17, 15) is 14.0 Å². The average Bonchev–Trinajstić information content (AvgIpc) is 2.54. The van der Waals surface area contributed by atoms with Gasteiger partial charge in [0.2, 0.25) is 5.91 Å². The number of hydrogen-bond acceptors (Lipinski definition) is 2. The van der Waals surface area contributed by atoms with Crippen molar-refractivity contribution in [3.8, 4) is 0 Å². The second-order valence-corrected chi connectivity index (χ2v) is 4.96. The van der Waals surface area contributed by atoms with E-state index in [-0.39, 0.29) is 18.0 Å². The Morgan fingerprint density at radius 1 is 1.37 bits per heavy atom. The summed E-state index contributed by atoms with van der Waals surface area (Å²) in [5.41, 5.74) is -0.0927.